The number of guanidine groups is 1. The minimum absolute atomic E-state index is 0.602. The number of piperidine rings is 1. The molecular weight excluding hydrogens is 316 g/mol. The van der Waals surface area contributed by atoms with Crippen LogP contribution in [-0.2, 0) is 0 Å². The molecule has 0 spiro atoms. The van der Waals surface area contributed by atoms with E-state index in [1.807, 2.05) is 18.8 Å². The molecule has 4 unspecified atom stereocenters. The van der Waals surface area contributed by atoms with Crippen molar-refractivity contribution in [3.05, 3.63) is 0 Å². The van der Waals surface area contributed by atoms with E-state index in [1.165, 1.54) is 58.2 Å². The van der Waals surface area contributed by atoms with E-state index in [2.05, 4.69) is 40.6 Å². The summed E-state index contributed by atoms with van der Waals surface area (Å²) in [5, 5.41) is 7.92. The fourth-order valence-electron chi connectivity index (χ4n) is 4.32. The molecule has 1 aliphatic heterocycles. The van der Waals surface area contributed by atoms with Gasteiger partial charge in [0.1, 0.15) is 0 Å². The molecule has 0 amide bonds. The second-order valence-corrected chi connectivity index (χ2v) is 9.06. The summed E-state index contributed by atoms with van der Waals surface area (Å²) in [6.07, 6.45) is 10.0. The fraction of sp³-hybridized carbons (Fsp3) is 0.947. The summed E-state index contributed by atoms with van der Waals surface area (Å²) >= 11 is 2.00. The molecule has 2 rings (SSSR count). The van der Waals surface area contributed by atoms with Crippen molar-refractivity contribution in [3.8, 4) is 0 Å². The minimum Gasteiger partial charge on any atom is -0.356 e. The highest BCUT2D eigenvalue weighted by Crippen LogP contribution is 2.28. The SMILES string of the molecule is CN=C(NCCCCN1CC(C)CC(C)C1)NC1CCC(SC)C1. The van der Waals surface area contributed by atoms with Crippen molar-refractivity contribution in [2.45, 2.75) is 63.7 Å². The third kappa shape index (κ3) is 6.83. The number of nitrogens with one attached hydrogen (secondary N) is 2. The zero-order valence-corrected chi connectivity index (χ0v) is 17.0. The lowest BCUT2D eigenvalue weighted by atomic mass is 9.92. The normalized spacial score (nSPS) is 32.1. The number of nitrogens with zero attached hydrogens (tertiary/aromatic N) is 2. The molecule has 1 saturated heterocycles. The molecule has 1 heterocycles. The molecule has 24 heavy (non-hydrogen) atoms. The smallest absolute Gasteiger partial charge is 0.191 e. The Balaban J connectivity index is 1.56. The fourth-order valence-corrected chi connectivity index (χ4v) is 5.11. The van der Waals surface area contributed by atoms with Gasteiger partial charge in [-0.15, -0.1) is 0 Å². The molecule has 5 heteroatoms. The summed E-state index contributed by atoms with van der Waals surface area (Å²) in [7, 11) is 1.88. The Morgan fingerprint density at radius 1 is 1.12 bits per heavy atom. The maximum atomic E-state index is 4.39. The van der Waals surface area contributed by atoms with E-state index in [4.69, 9.17) is 0 Å². The van der Waals surface area contributed by atoms with Gasteiger partial charge in [-0.25, -0.2) is 0 Å². The highest BCUT2D eigenvalue weighted by atomic mass is 32.2. The number of unbranched alkanes of at least 4 members (excludes halogenated alkanes) is 1. The lowest BCUT2D eigenvalue weighted by Gasteiger charge is -2.34. The molecule has 0 bridgehead atoms. The number of aliphatic imine (C=N–C) groups is 1. The first-order valence-electron chi connectivity index (χ1n) is 9.83. The lowest BCUT2D eigenvalue weighted by molar-refractivity contribution is 0.139. The third-order valence-electron chi connectivity index (χ3n) is 5.42. The predicted molar refractivity (Wildman–Crippen MR) is 108 cm³/mol. The van der Waals surface area contributed by atoms with Crippen molar-refractivity contribution in [2.24, 2.45) is 16.8 Å². The Labute approximate surface area is 153 Å². The molecule has 1 aliphatic carbocycles. The first kappa shape index (κ1) is 19.9. The van der Waals surface area contributed by atoms with Crippen LogP contribution in [0.25, 0.3) is 0 Å². The third-order valence-corrected chi connectivity index (χ3v) is 6.52. The van der Waals surface area contributed by atoms with Crippen LogP contribution in [-0.4, -0.2) is 61.6 Å². The molecule has 1 saturated carbocycles. The first-order valence-corrected chi connectivity index (χ1v) is 11.1. The largest absolute Gasteiger partial charge is 0.356 e. The zero-order chi connectivity index (χ0) is 17.4. The maximum Gasteiger partial charge on any atom is 0.191 e. The van der Waals surface area contributed by atoms with Gasteiger partial charge in [-0.2, -0.15) is 11.8 Å². The van der Waals surface area contributed by atoms with Gasteiger partial charge in [0.05, 0.1) is 0 Å². The molecule has 2 fully saturated rings. The molecule has 0 aromatic heterocycles. The molecule has 0 aromatic carbocycles. The molecule has 4 nitrogen and oxygen atoms in total. The van der Waals surface area contributed by atoms with E-state index in [-0.39, 0.29) is 0 Å². The van der Waals surface area contributed by atoms with Gasteiger partial charge >= 0.3 is 0 Å². The second kappa shape index (κ2) is 10.5. The van der Waals surface area contributed by atoms with Crippen LogP contribution in [0.3, 0.4) is 0 Å². The summed E-state index contributed by atoms with van der Waals surface area (Å²) in [6, 6.07) is 0.602. The molecule has 0 aromatic rings. The first-order chi connectivity index (χ1) is 11.6. The van der Waals surface area contributed by atoms with Crippen LogP contribution in [0.2, 0.25) is 0 Å². The number of rotatable bonds is 7. The van der Waals surface area contributed by atoms with Gasteiger partial charge in [-0.3, -0.25) is 4.99 Å². The van der Waals surface area contributed by atoms with Crippen molar-refractivity contribution in [3.63, 3.8) is 0 Å². The van der Waals surface area contributed by atoms with Crippen LogP contribution in [0.1, 0.15) is 52.4 Å². The Morgan fingerprint density at radius 2 is 1.88 bits per heavy atom. The average molecular weight is 355 g/mol. The molecule has 0 radical (unpaired) electrons. The van der Waals surface area contributed by atoms with Gasteiger partial charge in [0.2, 0.25) is 0 Å². The Kier molecular flexibility index (Phi) is 8.74. The lowest BCUT2D eigenvalue weighted by Crippen LogP contribution is -2.43. The zero-order valence-electron chi connectivity index (χ0n) is 16.2. The maximum absolute atomic E-state index is 4.39. The van der Waals surface area contributed by atoms with Crippen molar-refractivity contribution >= 4 is 17.7 Å². The van der Waals surface area contributed by atoms with Gasteiger partial charge < -0.3 is 15.5 Å². The van der Waals surface area contributed by atoms with Crippen molar-refractivity contribution in [1.29, 1.82) is 0 Å². The monoisotopic (exact) mass is 354 g/mol. The van der Waals surface area contributed by atoms with E-state index in [0.717, 1.165) is 29.6 Å². The standard InChI is InChI=1S/C19H38N4S/c1-15-11-16(2)14-23(13-15)10-6-5-9-21-19(20-3)22-17-7-8-18(12-17)24-4/h15-18H,5-14H2,1-4H3,(H2,20,21,22). The summed E-state index contributed by atoms with van der Waals surface area (Å²) in [5.74, 6) is 2.72. The van der Waals surface area contributed by atoms with Gasteiger partial charge in [-0.1, -0.05) is 13.8 Å². The van der Waals surface area contributed by atoms with E-state index < -0.39 is 0 Å². The minimum atomic E-state index is 0.602. The Morgan fingerprint density at radius 3 is 2.50 bits per heavy atom. The van der Waals surface area contributed by atoms with E-state index in [0.29, 0.717) is 6.04 Å². The van der Waals surface area contributed by atoms with E-state index >= 15 is 0 Å². The molecular formula is C19H38N4S. The van der Waals surface area contributed by atoms with Crippen molar-refractivity contribution in [1.82, 2.24) is 15.5 Å². The van der Waals surface area contributed by atoms with Gasteiger partial charge in [-0.05, 0) is 63.2 Å². The summed E-state index contributed by atoms with van der Waals surface area (Å²) < 4.78 is 0. The van der Waals surface area contributed by atoms with Gasteiger partial charge in [0, 0.05) is 38.0 Å². The number of hydrogen-bond acceptors (Lipinski definition) is 3. The summed E-state index contributed by atoms with van der Waals surface area (Å²) in [6.45, 7) is 9.64. The van der Waals surface area contributed by atoms with Crippen LogP contribution >= 0.6 is 11.8 Å². The van der Waals surface area contributed by atoms with Crippen molar-refractivity contribution in [2.75, 3.05) is 39.5 Å². The molecule has 4 atom stereocenters. The molecule has 140 valence electrons. The average Bonchev–Trinajstić information content (AvgIpc) is 3.00. The van der Waals surface area contributed by atoms with Crippen LogP contribution in [0.4, 0.5) is 0 Å². The topological polar surface area (TPSA) is 39.7 Å². The summed E-state index contributed by atoms with van der Waals surface area (Å²) in [4.78, 5) is 7.05. The molecule has 2 aliphatic rings. The van der Waals surface area contributed by atoms with Gasteiger partial charge in [0.25, 0.3) is 0 Å². The van der Waals surface area contributed by atoms with Gasteiger partial charge in [0.15, 0.2) is 5.96 Å². The van der Waals surface area contributed by atoms with E-state index in [9.17, 15) is 0 Å². The van der Waals surface area contributed by atoms with Crippen LogP contribution in [0.5, 0.6) is 0 Å². The highest BCUT2D eigenvalue weighted by molar-refractivity contribution is 7.99. The van der Waals surface area contributed by atoms with E-state index in [1.54, 1.807) is 0 Å². The van der Waals surface area contributed by atoms with Crippen LogP contribution < -0.4 is 10.6 Å². The molecule has 2 N–H and O–H groups in total. The highest BCUT2D eigenvalue weighted by Gasteiger charge is 2.24. The Hall–Kier alpha value is -0.420. The predicted octanol–water partition coefficient (Wildman–Crippen LogP) is 3.19. The number of likely N-dealkylation sites (tertiary alicyclic amines) is 1. The summed E-state index contributed by atoms with van der Waals surface area (Å²) in [5.41, 5.74) is 0. The quantitative estimate of drug-likeness (QED) is 0.418. The van der Waals surface area contributed by atoms with Crippen molar-refractivity contribution < 1.29 is 0 Å². The number of thioether (sulfide) groups is 1. The van der Waals surface area contributed by atoms with Crippen LogP contribution in [0.15, 0.2) is 4.99 Å². The number of hydrogen-bond donors (Lipinski definition) is 2. The van der Waals surface area contributed by atoms with Crippen LogP contribution in [0, 0.1) is 11.8 Å². The Bertz CT molecular complexity index is 378. The second-order valence-electron chi connectivity index (χ2n) is 7.92.